The molecular weight excluding hydrogens is 440 g/mol. The number of nitrogen functional groups attached to an aromatic ring is 1. The number of amides is 1. The summed E-state index contributed by atoms with van der Waals surface area (Å²) in [5.41, 5.74) is 8.63. The number of carbonyl (C=O) groups is 1. The van der Waals surface area contributed by atoms with E-state index in [1.54, 1.807) is 25.3 Å². The van der Waals surface area contributed by atoms with Gasteiger partial charge in [-0.2, -0.15) is 0 Å². The first-order valence-corrected chi connectivity index (χ1v) is 12.2. The van der Waals surface area contributed by atoms with Crippen LogP contribution < -0.4 is 15.8 Å². The molecule has 0 bridgehead atoms. The lowest BCUT2D eigenvalue weighted by atomic mass is 9.96. The fraction of sp³-hybridized carbons (Fsp3) is 0.357. The molecule has 1 saturated heterocycles. The van der Waals surface area contributed by atoms with E-state index in [4.69, 9.17) is 20.6 Å². The molecular formula is C28H34N4O3. The van der Waals surface area contributed by atoms with Gasteiger partial charge in [-0.3, -0.25) is 15.1 Å². The zero-order valence-corrected chi connectivity index (χ0v) is 20.5. The van der Waals surface area contributed by atoms with E-state index in [0.717, 1.165) is 35.2 Å². The first kappa shape index (κ1) is 24.7. The van der Waals surface area contributed by atoms with Gasteiger partial charge in [-0.05, 0) is 73.1 Å². The van der Waals surface area contributed by atoms with Crippen LogP contribution in [0.1, 0.15) is 41.3 Å². The largest absolute Gasteiger partial charge is 0.492 e. The average molecular weight is 475 g/mol. The number of hydrogen-bond donors (Lipinski definition) is 3. The third-order valence-corrected chi connectivity index (χ3v) is 6.62. The van der Waals surface area contributed by atoms with Crippen LogP contribution in [0.4, 0.5) is 5.69 Å². The maximum Gasteiger partial charge on any atom is 0.251 e. The summed E-state index contributed by atoms with van der Waals surface area (Å²) in [6, 6.07) is 17.4. The van der Waals surface area contributed by atoms with Crippen molar-refractivity contribution in [3.8, 4) is 5.75 Å². The molecule has 1 aliphatic heterocycles. The predicted molar refractivity (Wildman–Crippen MR) is 141 cm³/mol. The van der Waals surface area contributed by atoms with Gasteiger partial charge >= 0.3 is 0 Å². The van der Waals surface area contributed by atoms with E-state index in [0.29, 0.717) is 42.6 Å². The third-order valence-electron chi connectivity index (χ3n) is 6.62. The zero-order valence-electron chi connectivity index (χ0n) is 20.5. The summed E-state index contributed by atoms with van der Waals surface area (Å²) in [5.74, 6) is 0.640. The molecule has 35 heavy (non-hydrogen) atoms. The van der Waals surface area contributed by atoms with E-state index in [1.165, 1.54) is 12.8 Å². The van der Waals surface area contributed by atoms with Crippen molar-refractivity contribution < 1.29 is 14.3 Å². The molecule has 0 aromatic heterocycles. The molecule has 184 valence electrons. The van der Waals surface area contributed by atoms with Crippen molar-refractivity contribution in [3.05, 3.63) is 71.3 Å². The fourth-order valence-electron chi connectivity index (χ4n) is 4.60. The smallest absolute Gasteiger partial charge is 0.251 e. The number of carbonyl (C=O) groups excluding carboxylic acids is 1. The molecule has 1 unspecified atom stereocenters. The summed E-state index contributed by atoms with van der Waals surface area (Å²) < 4.78 is 11.1. The number of benzene rings is 3. The van der Waals surface area contributed by atoms with Gasteiger partial charge in [-0.25, -0.2) is 0 Å². The highest BCUT2D eigenvalue weighted by Gasteiger charge is 2.23. The number of nitrogens with two attached hydrogens (primary N) is 1. The first-order valence-electron chi connectivity index (χ1n) is 12.2. The molecule has 0 spiro atoms. The second-order valence-corrected chi connectivity index (χ2v) is 8.89. The molecule has 7 nitrogen and oxygen atoms in total. The van der Waals surface area contributed by atoms with Gasteiger partial charge in [-0.15, -0.1) is 0 Å². The lowest BCUT2D eigenvalue weighted by Gasteiger charge is -2.22. The molecule has 1 fully saturated rings. The zero-order chi connectivity index (χ0) is 24.8. The molecule has 0 radical (unpaired) electrons. The van der Waals surface area contributed by atoms with Crippen molar-refractivity contribution in [1.29, 1.82) is 5.41 Å². The molecule has 3 aromatic carbocycles. The third kappa shape index (κ3) is 5.81. The van der Waals surface area contributed by atoms with Crippen LogP contribution in [0, 0.1) is 5.41 Å². The Morgan fingerprint density at radius 3 is 2.69 bits per heavy atom. The van der Waals surface area contributed by atoms with Gasteiger partial charge in [0.15, 0.2) is 0 Å². The summed E-state index contributed by atoms with van der Waals surface area (Å²) in [4.78, 5) is 14.9. The molecule has 1 aliphatic rings. The summed E-state index contributed by atoms with van der Waals surface area (Å²) in [5, 5.41) is 13.6. The maximum absolute atomic E-state index is 12.4. The number of fused-ring (bicyclic) bond motifs is 1. The number of ether oxygens (including phenoxy) is 2. The molecule has 1 amide bonds. The number of nitrogens with zero attached hydrogens (tertiary/aromatic N) is 1. The normalized spacial score (nSPS) is 15.9. The second-order valence-electron chi connectivity index (χ2n) is 8.89. The van der Waals surface area contributed by atoms with E-state index in [1.807, 2.05) is 36.4 Å². The van der Waals surface area contributed by atoms with Crippen LogP contribution in [-0.4, -0.2) is 62.5 Å². The minimum Gasteiger partial charge on any atom is -0.492 e. The van der Waals surface area contributed by atoms with Gasteiger partial charge in [0.1, 0.15) is 12.4 Å². The summed E-state index contributed by atoms with van der Waals surface area (Å²) in [7, 11) is 1.59. The van der Waals surface area contributed by atoms with Crippen LogP contribution in [-0.2, 0) is 4.74 Å². The number of rotatable bonds is 10. The summed E-state index contributed by atoms with van der Waals surface area (Å²) >= 11 is 0. The highest BCUT2D eigenvalue weighted by molar-refractivity contribution is 6.16. The van der Waals surface area contributed by atoms with Crippen LogP contribution >= 0.6 is 0 Å². The molecule has 4 N–H and O–H groups in total. The number of hydrogen-bond acceptors (Lipinski definition) is 6. The van der Waals surface area contributed by atoms with Crippen molar-refractivity contribution >= 4 is 28.1 Å². The molecule has 1 atom stereocenters. The number of nitrogens with one attached hydrogen (secondary N) is 2. The molecule has 1 heterocycles. The van der Waals surface area contributed by atoms with Crippen molar-refractivity contribution in [1.82, 2.24) is 10.2 Å². The first-order chi connectivity index (χ1) is 17.0. The highest BCUT2D eigenvalue weighted by Crippen LogP contribution is 2.26. The Morgan fingerprint density at radius 2 is 1.89 bits per heavy atom. The Kier molecular flexibility index (Phi) is 8.00. The van der Waals surface area contributed by atoms with E-state index < -0.39 is 0 Å². The Labute approximate surface area is 206 Å². The van der Waals surface area contributed by atoms with Crippen LogP contribution in [0.15, 0.2) is 54.6 Å². The number of likely N-dealkylation sites (tertiary alicyclic amines) is 1. The van der Waals surface area contributed by atoms with Gasteiger partial charge in [0.2, 0.25) is 0 Å². The summed E-state index contributed by atoms with van der Waals surface area (Å²) in [6.07, 6.45) is 2.42. The Hall–Kier alpha value is -3.42. The SMILES string of the molecule is CCN1CCCC1COc1ccc2cc(C(=N)c3cc(C(=O)NCCOC)ccc3N)ccc2c1. The van der Waals surface area contributed by atoms with Crippen molar-refractivity contribution in [2.24, 2.45) is 0 Å². The van der Waals surface area contributed by atoms with E-state index >= 15 is 0 Å². The predicted octanol–water partition coefficient (Wildman–Crippen LogP) is 4.08. The molecule has 7 heteroatoms. The molecule has 4 rings (SSSR count). The number of anilines is 1. The molecule has 0 aliphatic carbocycles. The minimum absolute atomic E-state index is 0.221. The molecule has 3 aromatic rings. The van der Waals surface area contributed by atoms with Crippen molar-refractivity contribution in [3.63, 3.8) is 0 Å². The second kappa shape index (κ2) is 11.3. The van der Waals surface area contributed by atoms with Crippen LogP contribution in [0.3, 0.4) is 0 Å². The minimum atomic E-state index is -0.221. The monoisotopic (exact) mass is 474 g/mol. The standard InChI is InChI=1S/C28H34N4O3/c1-3-32-13-4-5-23(32)18-35-24-10-8-19-15-21(7-6-20(19)16-24)27(30)25-17-22(9-11-26(25)29)28(33)31-12-14-34-2/h6-11,15-17,23,30H,3-5,12-14,18,29H2,1-2H3,(H,31,33). The number of likely N-dealkylation sites (N-methyl/N-ethyl adjacent to an activating group) is 1. The van der Waals surface area contributed by atoms with Gasteiger partial charge in [0.25, 0.3) is 5.91 Å². The topological polar surface area (TPSA) is 101 Å². The average Bonchev–Trinajstić information content (AvgIpc) is 3.34. The Bertz CT molecular complexity index is 1210. The molecule has 0 saturated carbocycles. The maximum atomic E-state index is 12.4. The fourth-order valence-corrected chi connectivity index (χ4v) is 4.60. The van der Waals surface area contributed by atoms with Crippen molar-refractivity contribution in [2.45, 2.75) is 25.8 Å². The van der Waals surface area contributed by atoms with E-state index in [-0.39, 0.29) is 11.6 Å². The Balaban J connectivity index is 1.49. The lowest BCUT2D eigenvalue weighted by Crippen LogP contribution is -2.33. The number of methoxy groups -OCH3 is 1. The van der Waals surface area contributed by atoms with Gasteiger partial charge < -0.3 is 20.5 Å². The van der Waals surface area contributed by atoms with E-state index in [2.05, 4.69) is 17.1 Å². The van der Waals surface area contributed by atoms with Crippen molar-refractivity contribution in [2.75, 3.05) is 45.7 Å². The highest BCUT2D eigenvalue weighted by atomic mass is 16.5. The Morgan fingerprint density at radius 1 is 1.11 bits per heavy atom. The van der Waals surface area contributed by atoms with Gasteiger partial charge in [-0.1, -0.05) is 25.1 Å². The van der Waals surface area contributed by atoms with Crippen LogP contribution in [0.2, 0.25) is 0 Å². The summed E-state index contributed by atoms with van der Waals surface area (Å²) in [6.45, 7) is 5.97. The van der Waals surface area contributed by atoms with Gasteiger partial charge in [0.05, 0.1) is 12.3 Å². The van der Waals surface area contributed by atoms with Crippen LogP contribution in [0.5, 0.6) is 5.75 Å². The van der Waals surface area contributed by atoms with Crippen LogP contribution in [0.25, 0.3) is 10.8 Å². The van der Waals surface area contributed by atoms with Gasteiger partial charge in [0, 0.05) is 42.1 Å². The lowest BCUT2D eigenvalue weighted by molar-refractivity contribution is 0.0937. The van der Waals surface area contributed by atoms with E-state index in [9.17, 15) is 4.79 Å². The quantitative estimate of drug-likeness (QED) is 0.234.